The van der Waals surface area contributed by atoms with Crippen LogP contribution < -0.4 is 5.32 Å². The van der Waals surface area contributed by atoms with Crippen molar-refractivity contribution in [3.8, 4) is 0 Å². The van der Waals surface area contributed by atoms with Crippen LogP contribution in [0.1, 0.15) is 18.9 Å². The van der Waals surface area contributed by atoms with Gasteiger partial charge in [0.1, 0.15) is 5.82 Å². The van der Waals surface area contributed by atoms with Crippen LogP contribution in [0.5, 0.6) is 0 Å². The van der Waals surface area contributed by atoms with Crippen molar-refractivity contribution in [2.75, 3.05) is 7.05 Å². The van der Waals surface area contributed by atoms with Crippen LogP contribution in [-0.4, -0.2) is 18.0 Å². The number of halogens is 2. The highest BCUT2D eigenvalue weighted by atomic mass is 35.5. The third kappa shape index (κ3) is 3.38. The van der Waals surface area contributed by atoms with Crippen LogP contribution in [0, 0.1) is 15.9 Å². The zero-order valence-corrected chi connectivity index (χ0v) is 10.4. The molecule has 17 heavy (non-hydrogen) atoms. The molecule has 0 spiro atoms. The van der Waals surface area contributed by atoms with Crippen molar-refractivity contribution in [1.82, 2.24) is 5.32 Å². The lowest BCUT2D eigenvalue weighted by Crippen LogP contribution is -2.26. The fourth-order valence-corrected chi connectivity index (χ4v) is 1.78. The molecule has 94 valence electrons. The second-order valence-electron chi connectivity index (χ2n) is 3.75. The number of likely N-dealkylation sites (N-methyl/N-ethyl adjacent to an activating group) is 1. The molecule has 0 aliphatic heterocycles. The molecule has 0 amide bonds. The van der Waals surface area contributed by atoms with E-state index in [-0.39, 0.29) is 16.8 Å². The number of nitro groups is 1. The van der Waals surface area contributed by atoms with Crippen molar-refractivity contribution >= 4 is 17.3 Å². The van der Waals surface area contributed by atoms with E-state index in [9.17, 15) is 14.5 Å². The maximum Gasteiger partial charge on any atom is 0.274 e. The van der Waals surface area contributed by atoms with Gasteiger partial charge in [0.15, 0.2) is 0 Å². The lowest BCUT2D eigenvalue weighted by molar-refractivity contribution is -0.385. The van der Waals surface area contributed by atoms with Gasteiger partial charge in [-0.3, -0.25) is 10.1 Å². The van der Waals surface area contributed by atoms with Gasteiger partial charge < -0.3 is 5.32 Å². The SMILES string of the molecule is CCC(Cc1cc(F)c(Cl)cc1[N+](=O)[O-])NC. The van der Waals surface area contributed by atoms with Crippen LogP contribution >= 0.6 is 11.6 Å². The van der Waals surface area contributed by atoms with Crippen LogP contribution in [0.2, 0.25) is 5.02 Å². The Morgan fingerprint density at radius 2 is 2.24 bits per heavy atom. The van der Waals surface area contributed by atoms with Gasteiger partial charge in [0.05, 0.1) is 9.95 Å². The first-order valence-corrected chi connectivity index (χ1v) is 5.67. The lowest BCUT2D eigenvalue weighted by atomic mass is 10.0. The average molecular weight is 261 g/mol. The maximum absolute atomic E-state index is 13.3. The van der Waals surface area contributed by atoms with Crippen LogP contribution in [0.25, 0.3) is 0 Å². The molecule has 0 bridgehead atoms. The Morgan fingerprint density at radius 3 is 2.71 bits per heavy atom. The summed E-state index contributed by atoms with van der Waals surface area (Å²) in [5.41, 5.74) is 0.225. The molecule has 0 radical (unpaired) electrons. The molecule has 0 aliphatic rings. The van der Waals surface area contributed by atoms with Crippen LogP contribution in [0.15, 0.2) is 12.1 Å². The molecular weight excluding hydrogens is 247 g/mol. The van der Waals surface area contributed by atoms with Crippen molar-refractivity contribution in [3.63, 3.8) is 0 Å². The van der Waals surface area contributed by atoms with Crippen molar-refractivity contribution < 1.29 is 9.31 Å². The Labute approximate surface area is 104 Å². The molecule has 6 heteroatoms. The average Bonchev–Trinajstić information content (AvgIpc) is 2.29. The van der Waals surface area contributed by atoms with Gasteiger partial charge >= 0.3 is 0 Å². The molecule has 1 rings (SSSR count). The number of hydrogen-bond donors (Lipinski definition) is 1. The molecule has 0 aliphatic carbocycles. The van der Waals surface area contributed by atoms with E-state index >= 15 is 0 Å². The normalized spacial score (nSPS) is 12.5. The first-order chi connectivity index (χ1) is 7.99. The minimum atomic E-state index is -0.627. The Morgan fingerprint density at radius 1 is 1.59 bits per heavy atom. The molecule has 0 fully saturated rings. The zero-order chi connectivity index (χ0) is 13.0. The summed E-state index contributed by atoms with van der Waals surface area (Å²) >= 11 is 5.54. The first kappa shape index (κ1) is 13.9. The van der Waals surface area contributed by atoms with Gasteiger partial charge in [-0.25, -0.2) is 4.39 Å². The number of nitrogens with zero attached hydrogens (tertiary/aromatic N) is 1. The summed E-state index contributed by atoms with van der Waals surface area (Å²) in [6.07, 6.45) is 1.20. The zero-order valence-electron chi connectivity index (χ0n) is 9.67. The predicted octanol–water partition coefficient (Wildman–Crippen LogP) is 2.93. The highest BCUT2D eigenvalue weighted by Gasteiger charge is 2.19. The maximum atomic E-state index is 13.3. The Bertz CT molecular complexity index is 422. The molecule has 1 atom stereocenters. The topological polar surface area (TPSA) is 55.2 Å². The van der Waals surface area contributed by atoms with Gasteiger partial charge in [0.2, 0.25) is 0 Å². The van der Waals surface area contributed by atoms with Gasteiger partial charge in [-0.05, 0) is 26.0 Å². The first-order valence-electron chi connectivity index (χ1n) is 5.29. The van der Waals surface area contributed by atoms with Gasteiger partial charge in [0.25, 0.3) is 5.69 Å². The summed E-state index contributed by atoms with van der Waals surface area (Å²) in [7, 11) is 1.77. The Balaban J connectivity index is 3.12. The second-order valence-corrected chi connectivity index (χ2v) is 4.16. The van der Waals surface area contributed by atoms with E-state index in [0.717, 1.165) is 18.6 Å². The summed E-state index contributed by atoms with van der Waals surface area (Å²) in [6, 6.07) is 2.28. The Kier molecular flexibility index (Phi) is 4.84. The third-order valence-corrected chi connectivity index (χ3v) is 2.98. The molecule has 4 nitrogen and oxygen atoms in total. The second kappa shape index (κ2) is 5.93. The van der Waals surface area contributed by atoms with E-state index in [4.69, 9.17) is 11.6 Å². The minimum absolute atomic E-state index is 0.0780. The summed E-state index contributed by atoms with van der Waals surface area (Å²) in [5.74, 6) is -0.627. The molecule has 0 saturated carbocycles. The summed E-state index contributed by atoms with van der Waals surface area (Å²) in [4.78, 5) is 10.3. The quantitative estimate of drug-likeness (QED) is 0.654. The van der Waals surface area contributed by atoms with Gasteiger partial charge in [-0.15, -0.1) is 0 Å². The smallest absolute Gasteiger partial charge is 0.274 e. The van der Waals surface area contributed by atoms with Crippen LogP contribution in [0.4, 0.5) is 10.1 Å². The predicted molar refractivity (Wildman–Crippen MR) is 64.9 cm³/mol. The van der Waals surface area contributed by atoms with E-state index in [1.54, 1.807) is 7.05 Å². The molecule has 1 aromatic carbocycles. The van der Waals surface area contributed by atoms with E-state index in [1.807, 2.05) is 6.92 Å². The molecule has 1 aromatic rings. The highest BCUT2D eigenvalue weighted by Crippen LogP contribution is 2.27. The van der Waals surface area contributed by atoms with Gasteiger partial charge in [-0.1, -0.05) is 18.5 Å². The molecule has 1 N–H and O–H groups in total. The van der Waals surface area contributed by atoms with Gasteiger partial charge in [0, 0.05) is 17.7 Å². The molecule has 0 aromatic heterocycles. The van der Waals surface area contributed by atoms with Crippen LogP contribution in [0.3, 0.4) is 0 Å². The van der Waals surface area contributed by atoms with Crippen molar-refractivity contribution in [2.45, 2.75) is 25.8 Å². The molecular formula is C11H14ClFN2O2. The summed E-state index contributed by atoms with van der Waals surface area (Å²) in [5, 5.41) is 13.6. The lowest BCUT2D eigenvalue weighted by Gasteiger charge is -2.14. The largest absolute Gasteiger partial charge is 0.317 e. The van der Waals surface area contributed by atoms with E-state index in [1.165, 1.54) is 0 Å². The van der Waals surface area contributed by atoms with Crippen molar-refractivity contribution in [2.24, 2.45) is 0 Å². The monoisotopic (exact) mass is 260 g/mol. The number of hydrogen-bond acceptors (Lipinski definition) is 3. The van der Waals surface area contributed by atoms with E-state index < -0.39 is 10.7 Å². The molecule has 0 saturated heterocycles. The number of rotatable bonds is 5. The fourth-order valence-electron chi connectivity index (χ4n) is 1.63. The van der Waals surface area contributed by atoms with E-state index in [2.05, 4.69) is 5.32 Å². The van der Waals surface area contributed by atoms with Crippen molar-refractivity contribution in [1.29, 1.82) is 0 Å². The standard InChI is InChI=1S/C11H14ClFN2O2/c1-3-8(14-2)4-7-5-10(13)9(12)6-11(7)15(16)17/h5-6,8,14H,3-4H2,1-2H3. The Hall–Kier alpha value is -1.20. The van der Waals surface area contributed by atoms with Gasteiger partial charge in [-0.2, -0.15) is 0 Å². The fraction of sp³-hybridized carbons (Fsp3) is 0.455. The summed E-state index contributed by atoms with van der Waals surface area (Å²) < 4.78 is 13.3. The minimum Gasteiger partial charge on any atom is -0.317 e. The third-order valence-electron chi connectivity index (χ3n) is 2.69. The number of nitro benzene ring substituents is 1. The molecule has 0 heterocycles. The highest BCUT2D eigenvalue weighted by molar-refractivity contribution is 6.31. The number of nitrogens with one attached hydrogen (secondary N) is 1. The van der Waals surface area contributed by atoms with Crippen LogP contribution in [-0.2, 0) is 6.42 Å². The van der Waals surface area contributed by atoms with E-state index in [0.29, 0.717) is 12.0 Å². The van der Waals surface area contributed by atoms with Crippen molar-refractivity contribution in [3.05, 3.63) is 38.7 Å². The number of benzene rings is 1. The molecule has 1 unspecified atom stereocenters. The summed E-state index contributed by atoms with van der Waals surface area (Å²) in [6.45, 7) is 1.96.